The first-order chi connectivity index (χ1) is 12.7. The molecule has 2 heterocycles. The summed E-state index contributed by atoms with van der Waals surface area (Å²) >= 11 is 0. The van der Waals surface area contributed by atoms with Crippen LogP contribution in [-0.2, 0) is 4.74 Å². The number of nitrogens with two attached hydrogens (primary N) is 1. The van der Waals surface area contributed by atoms with E-state index in [4.69, 9.17) is 10.5 Å². The Bertz CT molecular complexity index is 717. The summed E-state index contributed by atoms with van der Waals surface area (Å²) in [4.78, 5) is 29.7. The fourth-order valence-electron chi connectivity index (χ4n) is 3.14. The Balaban J connectivity index is 1.55. The van der Waals surface area contributed by atoms with Gasteiger partial charge in [-0.05, 0) is 44.0 Å². The summed E-state index contributed by atoms with van der Waals surface area (Å²) in [6, 6.07) is 8.62. The number of nitrogens with one attached hydrogen (secondary N) is 1. The lowest BCUT2D eigenvalue weighted by atomic mass is 10.0. The van der Waals surface area contributed by atoms with E-state index in [-0.39, 0.29) is 17.8 Å². The van der Waals surface area contributed by atoms with Gasteiger partial charge in [-0.1, -0.05) is 12.1 Å². The van der Waals surface area contributed by atoms with Gasteiger partial charge in [0.1, 0.15) is 0 Å². The molecule has 1 amide bonds. The monoisotopic (exact) mass is 355 g/mol. The van der Waals surface area contributed by atoms with E-state index in [1.165, 1.54) is 0 Å². The molecule has 0 atom stereocenters. The van der Waals surface area contributed by atoms with Gasteiger partial charge < -0.3 is 20.4 Å². The lowest BCUT2D eigenvalue weighted by Gasteiger charge is -2.32. The minimum atomic E-state index is -0.0549. The van der Waals surface area contributed by atoms with Crippen LogP contribution in [0, 0.1) is 0 Å². The average Bonchev–Trinajstić information content (AvgIpc) is 3.23. The lowest BCUT2D eigenvalue weighted by molar-refractivity contribution is 0.00844. The van der Waals surface area contributed by atoms with Gasteiger partial charge in [0.05, 0.1) is 6.10 Å². The number of piperidine rings is 1. The minimum Gasteiger partial charge on any atom is -0.378 e. The second-order valence-corrected chi connectivity index (χ2v) is 6.51. The summed E-state index contributed by atoms with van der Waals surface area (Å²) in [5, 5.41) is 0. The van der Waals surface area contributed by atoms with E-state index in [9.17, 15) is 9.59 Å². The van der Waals surface area contributed by atoms with E-state index in [0.717, 1.165) is 19.3 Å². The van der Waals surface area contributed by atoms with E-state index < -0.39 is 0 Å². The van der Waals surface area contributed by atoms with Crippen LogP contribution in [0.2, 0.25) is 0 Å². The molecule has 1 aromatic heterocycles. The molecule has 138 valence electrons. The van der Waals surface area contributed by atoms with Crippen molar-refractivity contribution in [1.82, 2.24) is 9.88 Å². The highest BCUT2D eigenvalue weighted by Gasteiger charge is 2.24. The molecule has 0 spiro atoms. The number of benzene rings is 1. The van der Waals surface area contributed by atoms with Crippen LogP contribution in [0.15, 0.2) is 42.7 Å². The van der Waals surface area contributed by atoms with Crippen LogP contribution < -0.4 is 5.73 Å². The van der Waals surface area contributed by atoms with Crippen molar-refractivity contribution in [3.8, 4) is 0 Å². The molecule has 26 heavy (non-hydrogen) atoms. The first-order valence-electron chi connectivity index (χ1n) is 9.07. The number of amides is 1. The van der Waals surface area contributed by atoms with Gasteiger partial charge in [-0.25, -0.2) is 0 Å². The third kappa shape index (κ3) is 4.39. The minimum absolute atomic E-state index is 0.00560. The maximum atomic E-state index is 12.7. The van der Waals surface area contributed by atoms with E-state index in [2.05, 4.69) is 4.98 Å². The predicted octanol–water partition coefficient (Wildman–Crippen LogP) is 2.22. The first kappa shape index (κ1) is 18.4. The Labute approximate surface area is 153 Å². The van der Waals surface area contributed by atoms with Gasteiger partial charge in [0.25, 0.3) is 5.91 Å². The molecule has 0 aliphatic carbocycles. The van der Waals surface area contributed by atoms with Crippen molar-refractivity contribution in [3.05, 3.63) is 59.4 Å². The first-order valence-corrected chi connectivity index (χ1v) is 9.07. The normalized spacial score (nSPS) is 15.2. The highest BCUT2D eigenvalue weighted by molar-refractivity contribution is 6.09. The molecule has 6 nitrogen and oxygen atoms in total. The number of carbonyl (C=O) groups excluding carboxylic acids is 2. The quantitative estimate of drug-likeness (QED) is 0.589. The van der Waals surface area contributed by atoms with Gasteiger partial charge in [0.2, 0.25) is 0 Å². The second kappa shape index (κ2) is 8.78. The Morgan fingerprint density at radius 3 is 2.38 bits per heavy atom. The van der Waals surface area contributed by atoms with Gasteiger partial charge in [-0.15, -0.1) is 0 Å². The van der Waals surface area contributed by atoms with E-state index in [1.54, 1.807) is 42.7 Å². The van der Waals surface area contributed by atoms with Gasteiger partial charge in [0, 0.05) is 48.8 Å². The molecule has 3 N–H and O–H groups in total. The number of H-pyrrole nitrogens is 1. The van der Waals surface area contributed by atoms with Crippen LogP contribution in [0.5, 0.6) is 0 Å². The predicted molar refractivity (Wildman–Crippen MR) is 99.2 cm³/mol. The van der Waals surface area contributed by atoms with Crippen LogP contribution in [0.25, 0.3) is 0 Å². The van der Waals surface area contributed by atoms with Crippen LogP contribution >= 0.6 is 0 Å². The summed E-state index contributed by atoms with van der Waals surface area (Å²) in [5.74, 6) is -0.0493. The van der Waals surface area contributed by atoms with Crippen molar-refractivity contribution in [3.63, 3.8) is 0 Å². The number of hydrogen-bond donors (Lipinski definition) is 2. The lowest BCUT2D eigenvalue weighted by Crippen LogP contribution is -2.41. The Hall–Kier alpha value is -2.44. The van der Waals surface area contributed by atoms with Crippen LogP contribution in [0.4, 0.5) is 0 Å². The summed E-state index contributed by atoms with van der Waals surface area (Å²) in [6.07, 6.45) is 6.16. The number of nitrogens with zero attached hydrogens (tertiary/aromatic N) is 1. The molecule has 0 saturated carbocycles. The molecular weight excluding hydrogens is 330 g/mol. The summed E-state index contributed by atoms with van der Waals surface area (Å²) < 4.78 is 5.78. The molecule has 1 saturated heterocycles. The fraction of sp³-hybridized carbons (Fsp3) is 0.400. The van der Waals surface area contributed by atoms with E-state index in [0.29, 0.717) is 42.9 Å². The Morgan fingerprint density at radius 2 is 1.77 bits per heavy atom. The fourth-order valence-corrected chi connectivity index (χ4v) is 3.14. The van der Waals surface area contributed by atoms with Gasteiger partial charge in [0.15, 0.2) is 5.78 Å². The molecule has 1 fully saturated rings. The molecule has 0 radical (unpaired) electrons. The highest BCUT2D eigenvalue weighted by Crippen LogP contribution is 2.18. The number of rotatable bonds is 7. The Morgan fingerprint density at radius 1 is 1.08 bits per heavy atom. The number of carbonyl (C=O) groups is 2. The van der Waals surface area contributed by atoms with E-state index >= 15 is 0 Å². The largest absolute Gasteiger partial charge is 0.378 e. The molecule has 6 heteroatoms. The SMILES string of the molecule is NCCCOC1CCN(C(=O)c2ccc(C(=O)c3cc[nH]c3)cc2)CC1. The Kier molecular flexibility index (Phi) is 6.20. The average molecular weight is 355 g/mol. The molecule has 1 aliphatic heterocycles. The van der Waals surface area contributed by atoms with Crippen molar-refractivity contribution >= 4 is 11.7 Å². The summed E-state index contributed by atoms with van der Waals surface area (Å²) in [5.41, 5.74) is 7.27. The molecule has 1 aliphatic rings. The number of likely N-dealkylation sites (tertiary alicyclic amines) is 1. The van der Waals surface area contributed by atoms with Gasteiger partial charge in [-0.2, -0.15) is 0 Å². The molecule has 2 aromatic rings. The third-order valence-electron chi connectivity index (χ3n) is 4.69. The molecular formula is C20H25N3O3. The third-order valence-corrected chi connectivity index (χ3v) is 4.69. The van der Waals surface area contributed by atoms with Crippen molar-refractivity contribution in [2.45, 2.75) is 25.4 Å². The second-order valence-electron chi connectivity index (χ2n) is 6.51. The zero-order valence-corrected chi connectivity index (χ0v) is 14.8. The van der Waals surface area contributed by atoms with E-state index in [1.807, 2.05) is 4.90 Å². The van der Waals surface area contributed by atoms with Crippen LogP contribution in [-0.4, -0.2) is 53.9 Å². The molecule has 0 unspecified atom stereocenters. The molecule has 1 aromatic carbocycles. The topological polar surface area (TPSA) is 88.4 Å². The van der Waals surface area contributed by atoms with Crippen molar-refractivity contribution in [1.29, 1.82) is 0 Å². The van der Waals surface area contributed by atoms with Crippen molar-refractivity contribution in [2.24, 2.45) is 5.73 Å². The zero-order chi connectivity index (χ0) is 18.4. The number of aromatic nitrogens is 1. The van der Waals surface area contributed by atoms with Crippen molar-refractivity contribution in [2.75, 3.05) is 26.2 Å². The van der Waals surface area contributed by atoms with Gasteiger partial charge in [-0.3, -0.25) is 9.59 Å². The standard InChI is InChI=1S/C20H25N3O3/c21-9-1-13-26-18-7-11-23(12-8-18)20(25)16-4-2-15(3-5-16)19(24)17-6-10-22-14-17/h2-6,10,14,18,22H,1,7-9,11-13,21H2. The maximum absolute atomic E-state index is 12.7. The number of hydrogen-bond acceptors (Lipinski definition) is 4. The molecule has 3 rings (SSSR count). The van der Waals surface area contributed by atoms with Crippen molar-refractivity contribution < 1.29 is 14.3 Å². The highest BCUT2D eigenvalue weighted by atomic mass is 16.5. The van der Waals surface area contributed by atoms with Crippen LogP contribution in [0.1, 0.15) is 45.5 Å². The maximum Gasteiger partial charge on any atom is 0.253 e. The number of aromatic amines is 1. The number of ketones is 1. The summed E-state index contributed by atoms with van der Waals surface area (Å²) in [7, 11) is 0. The smallest absolute Gasteiger partial charge is 0.253 e. The van der Waals surface area contributed by atoms with Crippen LogP contribution in [0.3, 0.4) is 0 Å². The zero-order valence-electron chi connectivity index (χ0n) is 14.8. The summed E-state index contributed by atoms with van der Waals surface area (Å²) in [6.45, 7) is 2.71. The van der Waals surface area contributed by atoms with Gasteiger partial charge >= 0.3 is 0 Å². The molecule has 0 bridgehead atoms. The number of ether oxygens (including phenoxy) is 1.